The molecule has 0 rings (SSSR count). The summed E-state index contributed by atoms with van der Waals surface area (Å²) in [5.41, 5.74) is 0. The largest absolute Gasteiger partial charge is 0.462 e. The molecule has 58 heavy (non-hydrogen) atoms. The molecular formula is C53H96O5. The van der Waals surface area contributed by atoms with E-state index < -0.39 is 6.10 Å². The van der Waals surface area contributed by atoms with Crippen molar-refractivity contribution >= 4 is 11.9 Å². The monoisotopic (exact) mass is 813 g/mol. The zero-order chi connectivity index (χ0) is 42.1. The topological polar surface area (TPSA) is 61.8 Å². The molecule has 0 aromatic heterocycles. The fourth-order valence-electron chi connectivity index (χ4n) is 7.05. The van der Waals surface area contributed by atoms with Crippen LogP contribution >= 0.6 is 0 Å². The van der Waals surface area contributed by atoms with E-state index in [-0.39, 0.29) is 25.2 Å². The number of rotatable bonds is 46. The summed E-state index contributed by atoms with van der Waals surface area (Å²) in [6.07, 6.45) is 59.6. The van der Waals surface area contributed by atoms with Crippen LogP contribution in [0.25, 0.3) is 0 Å². The fraction of sp³-hybridized carbons (Fsp3) is 0.811. The highest BCUT2D eigenvalue weighted by molar-refractivity contribution is 5.70. The van der Waals surface area contributed by atoms with Gasteiger partial charge in [-0.25, -0.2) is 0 Å². The molecule has 0 aliphatic carbocycles. The highest BCUT2D eigenvalue weighted by atomic mass is 16.6. The predicted molar refractivity (Wildman–Crippen MR) is 251 cm³/mol. The van der Waals surface area contributed by atoms with Crippen LogP contribution in [0.1, 0.15) is 252 Å². The molecule has 0 bridgehead atoms. The minimum Gasteiger partial charge on any atom is -0.462 e. The lowest BCUT2D eigenvalue weighted by Crippen LogP contribution is -2.30. The molecule has 0 spiro atoms. The number of carbonyl (C=O) groups excluding carboxylic acids is 2. The Kier molecular flexibility index (Phi) is 47.4. The molecule has 0 radical (unpaired) electrons. The number of esters is 2. The van der Waals surface area contributed by atoms with Gasteiger partial charge in [-0.05, 0) is 77.0 Å². The number of hydrogen-bond donors (Lipinski definition) is 0. The Morgan fingerprint density at radius 3 is 1.24 bits per heavy atom. The van der Waals surface area contributed by atoms with Gasteiger partial charge < -0.3 is 14.2 Å². The van der Waals surface area contributed by atoms with E-state index in [2.05, 4.69) is 69.4 Å². The minimum absolute atomic E-state index is 0.0749. The Morgan fingerprint density at radius 2 is 0.759 bits per heavy atom. The summed E-state index contributed by atoms with van der Waals surface area (Å²) < 4.78 is 17.4. The van der Waals surface area contributed by atoms with Crippen molar-refractivity contribution in [3.8, 4) is 0 Å². The van der Waals surface area contributed by atoms with E-state index in [4.69, 9.17) is 14.2 Å². The molecule has 1 atom stereocenters. The van der Waals surface area contributed by atoms with Gasteiger partial charge in [-0.15, -0.1) is 0 Å². The molecule has 0 aliphatic rings. The van der Waals surface area contributed by atoms with Crippen LogP contribution in [0.2, 0.25) is 0 Å². The van der Waals surface area contributed by atoms with E-state index in [0.29, 0.717) is 19.4 Å². The van der Waals surface area contributed by atoms with E-state index in [1.807, 2.05) is 0 Å². The van der Waals surface area contributed by atoms with Crippen LogP contribution in [0.5, 0.6) is 0 Å². The van der Waals surface area contributed by atoms with E-state index in [0.717, 1.165) is 77.0 Å². The molecule has 0 fully saturated rings. The summed E-state index contributed by atoms with van der Waals surface area (Å²) in [6, 6.07) is 0. The Morgan fingerprint density at radius 1 is 0.379 bits per heavy atom. The van der Waals surface area contributed by atoms with Gasteiger partial charge in [0.15, 0.2) is 6.10 Å². The highest BCUT2D eigenvalue weighted by Crippen LogP contribution is 2.14. The molecule has 0 aromatic carbocycles. The third-order valence-corrected chi connectivity index (χ3v) is 10.8. The number of allylic oxidation sites excluding steroid dienone is 8. The molecule has 1 unspecified atom stereocenters. The van der Waals surface area contributed by atoms with Crippen molar-refractivity contribution in [1.29, 1.82) is 0 Å². The Bertz CT molecular complexity index is 966. The standard InChI is InChI=1S/C53H96O5/c1-4-7-10-13-16-19-22-25-27-29-31-34-37-40-43-46-52(54)57-50-51(49-56-48-45-42-39-36-33-30-26-23-20-17-14-11-8-5-2)58-53(55)47-44-41-38-35-32-28-24-21-18-15-12-9-6-3/h12,15-16,19,21,24-25,27,51H,4-11,13-14,17-18,20,22-23,26,28-50H2,1-3H3/b15-12-,19-16-,24-21-,27-25-. The summed E-state index contributed by atoms with van der Waals surface area (Å²) in [5.74, 6) is -0.421. The van der Waals surface area contributed by atoms with E-state index in [1.165, 1.54) is 141 Å². The number of carbonyl (C=O) groups is 2. The van der Waals surface area contributed by atoms with Crippen LogP contribution in [-0.4, -0.2) is 37.9 Å². The van der Waals surface area contributed by atoms with E-state index in [1.54, 1.807) is 0 Å². The van der Waals surface area contributed by atoms with Crippen LogP contribution < -0.4 is 0 Å². The minimum atomic E-state index is -0.545. The zero-order valence-corrected chi connectivity index (χ0v) is 38.8. The van der Waals surface area contributed by atoms with Crippen molar-refractivity contribution < 1.29 is 23.8 Å². The quantitative estimate of drug-likeness (QED) is 0.0348. The Labute approximate surface area is 361 Å². The van der Waals surface area contributed by atoms with Gasteiger partial charge in [-0.3, -0.25) is 9.59 Å². The third-order valence-electron chi connectivity index (χ3n) is 10.8. The summed E-state index contributed by atoms with van der Waals surface area (Å²) in [6.45, 7) is 7.74. The first-order valence-electron chi connectivity index (χ1n) is 25.2. The second-order valence-corrected chi connectivity index (χ2v) is 16.7. The summed E-state index contributed by atoms with van der Waals surface area (Å²) in [7, 11) is 0. The molecule has 0 aliphatic heterocycles. The van der Waals surface area contributed by atoms with E-state index in [9.17, 15) is 9.59 Å². The van der Waals surface area contributed by atoms with Crippen LogP contribution in [0, 0.1) is 0 Å². The lowest BCUT2D eigenvalue weighted by molar-refractivity contribution is -0.163. The lowest BCUT2D eigenvalue weighted by atomic mass is 10.0. The molecule has 0 saturated heterocycles. The molecule has 338 valence electrons. The Hall–Kier alpha value is -2.14. The van der Waals surface area contributed by atoms with Crippen LogP contribution in [0.3, 0.4) is 0 Å². The Balaban J connectivity index is 4.28. The summed E-state index contributed by atoms with van der Waals surface area (Å²) in [4.78, 5) is 25.3. The summed E-state index contributed by atoms with van der Waals surface area (Å²) >= 11 is 0. The van der Waals surface area contributed by atoms with Crippen molar-refractivity contribution in [3.05, 3.63) is 48.6 Å². The molecule has 0 N–H and O–H groups in total. The molecule has 0 heterocycles. The van der Waals surface area contributed by atoms with Crippen molar-refractivity contribution in [2.75, 3.05) is 19.8 Å². The number of ether oxygens (including phenoxy) is 3. The van der Waals surface area contributed by atoms with Crippen molar-refractivity contribution in [2.24, 2.45) is 0 Å². The van der Waals surface area contributed by atoms with Gasteiger partial charge in [0.2, 0.25) is 0 Å². The van der Waals surface area contributed by atoms with Crippen LogP contribution in [0.4, 0.5) is 0 Å². The van der Waals surface area contributed by atoms with Crippen molar-refractivity contribution in [2.45, 2.75) is 258 Å². The van der Waals surface area contributed by atoms with Crippen molar-refractivity contribution in [3.63, 3.8) is 0 Å². The first-order valence-corrected chi connectivity index (χ1v) is 25.2. The highest BCUT2D eigenvalue weighted by Gasteiger charge is 2.17. The lowest BCUT2D eigenvalue weighted by Gasteiger charge is -2.18. The van der Waals surface area contributed by atoms with Crippen LogP contribution in [-0.2, 0) is 23.8 Å². The third kappa shape index (κ3) is 46.5. The maximum atomic E-state index is 12.8. The number of hydrogen-bond acceptors (Lipinski definition) is 5. The second kappa shape index (κ2) is 49.2. The van der Waals surface area contributed by atoms with Gasteiger partial charge in [-0.2, -0.15) is 0 Å². The molecule has 0 amide bonds. The predicted octanol–water partition coefficient (Wildman–Crippen LogP) is 16.8. The normalized spacial score (nSPS) is 12.5. The van der Waals surface area contributed by atoms with Crippen molar-refractivity contribution in [1.82, 2.24) is 0 Å². The average Bonchev–Trinajstić information content (AvgIpc) is 3.22. The fourth-order valence-corrected chi connectivity index (χ4v) is 7.05. The zero-order valence-electron chi connectivity index (χ0n) is 38.8. The molecular weight excluding hydrogens is 717 g/mol. The first kappa shape index (κ1) is 55.9. The van der Waals surface area contributed by atoms with Gasteiger partial charge in [0.05, 0.1) is 6.61 Å². The number of unbranched alkanes of at least 4 members (excludes halogenated alkanes) is 27. The SMILES string of the molecule is CCC/C=C\C/C=C\CCCCCCCC(=O)OC(COCCCCCCCCCCCCCCCC)COC(=O)CCCCCCC/C=C\C/C=C\CCCCC. The smallest absolute Gasteiger partial charge is 0.306 e. The average molecular weight is 813 g/mol. The van der Waals surface area contributed by atoms with Gasteiger partial charge in [0, 0.05) is 19.4 Å². The maximum Gasteiger partial charge on any atom is 0.306 e. The van der Waals surface area contributed by atoms with Gasteiger partial charge in [0.25, 0.3) is 0 Å². The van der Waals surface area contributed by atoms with Gasteiger partial charge >= 0.3 is 11.9 Å². The molecule has 5 nitrogen and oxygen atoms in total. The van der Waals surface area contributed by atoms with Gasteiger partial charge in [0.1, 0.15) is 6.61 Å². The van der Waals surface area contributed by atoms with E-state index >= 15 is 0 Å². The molecule has 0 saturated carbocycles. The summed E-state index contributed by atoms with van der Waals surface area (Å²) in [5, 5.41) is 0. The maximum absolute atomic E-state index is 12.8. The molecule has 0 aromatic rings. The van der Waals surface area contributed by atoms with Crippen LogP contribution in [0.15, 0.2) is 48.6 Å². The second-order valence-electron chi connectivity index (χ2n) is 16.7. The first-order chi connectivity index (χ1) is 28.6. The molecule has 5 heteroatoms. The van der Waals surface area contributed by atoms with Gasteiger partial charge in [-0.1, -0.05) is 211 Å².